The summed E-state index contributed by atoms with van der Waals surface area (Å²) < 4.78 is 28.6. The number of sulfonamides is 1. The molecule has 0 spiro atoms. The Bertz CT molecular complexity index is 1350. The monoisotopic (exact) mass is 555 g/mol. The molecule has 202 valence electrons. The molecule has 0 aliphatic carbocycles. The van der Waals surface area contributed by atoms with Crippen molar-refractivity contribution in [1.29, 1.82) is 0 Å². The average molecular weight is 556 g/mol. The summed E-state index contributed by atoms with van der Waals surface area (Å²) in [6, 6.07) is 21.0. The SMILES string of the molecule is CC[C@H](C)NC(=O)[C@@H](C)N(Cc1ccc(Cl)cc1)C(=O)CN(c1cccc(C)c1)S(=O)(=O)c1ccccc1. The lowest BCUT2D eigenvalue weighted by Crippen LogP contribution is -2.52. The van der Waals surface area contributed by atoms with E-state index in [9.17, 15) is 18.0 Å². The van der Waals surface area contributed by atoms with Crippen LogP contribution in [0, 0.1) is 6.92 Å². The molecule has 0 aliphatic rings. The van der Waals surface area contributed by atoms with E-state index >= 15 is 0 Å². The summed E-state index contributed by atoms with van der Waals surface area (Å²) in [5.41, 5.74) is 1.98. The first-order valence-corrected chi connectivity index (χ1v) is 14.3. The van der Waals surface area contributed by atoms with Crippen LogP contribution in [-0.4, -0.2) is 43.8 Å². The molecule has 3 aromatic rings. The van der Waals surface area contributed by atoms with Crippen LogP contribution in [0.1, 0.15) is 38.3 Å². The molecule has 0 bridgehead atoms. The number of nitrogens with zero attached hydrogens (tertiary/aromatic N) is 2. The van der Waals surface area contributed by atoms with Crippen molar-refractivity contribution in [2.24, 2.45) is 0 Å². The molecule has 2 amide bonds. The molecule has 1 N–H and O–H groups in total. The second-order valence-electron chi connectivity index (χ2n) is 9.31. The van der Waals surface area contributed by atoms with Crippen molar-refractivity contribution < 1.29 is 18.0 Å². The largest absolute Gasteiger partial charge is 0.352 e. The van der Waals surface area contributed by atoms with E-state index in [2.05, 4.69) is 5.32 Å². The maximum atomic E-state index is 13.9. The first-order valence-electron chi connectivity index (χ1n) is 12.5. The average Bonchev–Trinajstić information content (AvgIpc) is 2.91. The number of rotatable bonds is 11. The predicted molar refractivity (Wildman–Crippen MR) is 152 cm³/mol. The summed E-state index contributed by atoms with van der Waals surface area (Å²) in [5.74, 6) is -0.817. The Hall–Kier alpha value is -3.36. The number of nitrogens with one attached hydrogen (secondary N) is 1. The van der Waals surface area contributed by atoms with Crippen LogP contribution in [0.25, 0.3) is 0 Å². The van der Waals surface area contributed by atoms with Crippen LogP contribution in [0.15, 0.2) is 83.8 Å². The molecule has 3 aromatic carbocycles. The van der Waals surface area contributed by atoms with Crippen molar-refractivity contribution in [3.8, 4) is 0 Å². The number of hydrogen-bond acceptors (Lipinski definition) is 4. The first kappa shape index (κ1) is 29.2. The zero-order valence-corrected chi connectivity index (χ0v) is 23.7. The van der Waals surface area contributed by atoms with Crippen LogP contribution in [0.3, 0.4) is 0 Å². The van der Waals surface area contributed by atoms with Crippen LogP contribution in [0.4, 0.5) is 5.69 Å². The van der Waals surface area contributed by atoms with Gasteiger partial charge in [-0.1, -0.05) is 61.0 Å². The minimum absolute atomic E-state index is 0.0697. The van der Waals surface area contributed by atoms with Crippen molar-refractivity contribution >= 4 is 39.1 Å². The lowest BCUT2D eigenvalue weighted by Gasteiger charge is -2.32. The van der Waals surface area contributed by atoms with Gasteiger partial charge < -0.3 is 10.2 Å². The predicted octanol–water partition coefficient (Wildman–Crippen LogP) is 5.18. The molecule has 9 heteroatoms. The second-order valence-corrected chi connectivity index (χ2v) is 11.6. The minimum atomic E-state index is -4.08. The summed E-state index contributed by atoms with van der Waals surface area (Å²) >= 11 is 6.04. The highest BCUT2D eigenvalue weighted by Crippen LogP contribution is 2.25. The fraction of sp³-hybridized carbons (Fsp3) is 0.310. The van der Waals surface area contributed by atoms with Crippen molar-refractivity contribution in [3.63, 3.8) is 0 Å². The van der Waals surface area contributed by atoms with E-state index in [-0.39, 0.29) is 23.4 Å². The lowest BCUT2D eigenvalue weighted by molar-refractivity contribution is -0.139. The Morgan fingerprint density at radius 3 is 2.21 bits per heavy atom. The zero-order valence-electron chi connectivity index (χ0n) is 22.1. The van der Waals surface area contributed by atoms with E-state index in [0.717, 1.165) is 21.9 Å². The summed E-state index contributed by atoms with van der Waals surface area (Å²) in [6.07, 6.45) is 0.736. The van der Waals surface area contributed by atoms with Gasteiger partial charge in [-0.2, -0.15) is 0 Å². The summed E-state index contributed by atoms with van der Waals surface area (Å²) in [7, 11) is -4.08. The van der Waals surface area contributed by atoms with Gasteiger partial charge in [-0.15, -0.1) is 0 Å². The fourth-order valence-electron chi connectivity index (χ4n) is 3.87. The number of amides is 2. The maximum absolute atomic E-state index is 13.9. The summed E-state index contributed by atoms with van der Waals surface area (Å²) in [4.78, 5) is 28.4. The molecule has 0 saturated carbocycles. The molecule has 0 radical (unpaired) electrons. The molecule has 2 atom stereocenters. The van der Waals surface area contributed by atoms with Gasteiger partial charge in [0.1, 0.15) is 12.6 Å². The van der Waals surface area contributed by atoms with E-state index < -0.39 is 28.5 Å². The Morgan fingerprint density at radius 2 is 1.61 bits per heavy atom. The Morgan fingerprint density at radius 1 is 0.947 bits per heavy atom. The molecule has 0 saturated heterocycles. The third kappa shape index (κ3) is 7.36. The van der Waals surface area contributed by atoms with Crippen molar-refractivity contribution in [3.05, 3.63) is 95.0 Å². The highest BCUT2D eigenvalue weighted by Gasteiger charge is 2.32. The van der Waals surface area contributed by atoms with Gasteiger partial charge in [0.2, 0.25) is 11.8 Å². The van der Waals surface area contributed by atoms with Crippen LogP contribution < -0.4 is 9.62 Å². The highest BCUT2D eigenvalue weighted by atomic mass is 35.5. The number of carbonyl (C=O) groups excluding carboxylic acids is 2. The smallest absolute Gasteiger partial charge is 0.264 e. The number of hydrogen-bond donors (Lipinski definition) is 1. The van der Waals surface area contributed by atoms with E-state index in [0.29, 0.717) is 10.7 Å². The topological polar surface area (TPSA) is 86.8 Å². The molecule has 7 nitrogen and oxygen atoms in total. The Kier molecular flexibility index (Phi) is 9.94. The van der Waals surface area contributed by atoms with Crippen molar-refractivity contribution in [1.82, 2.24) is 10.2 Å². The van der Waals surface area contributed by atoms with E-state index in [1.807, 2.05) is 26.8 Å². The van der Waals surface area contributed by atoms with Gasteiger partial charge in [-0.3, -0.25) is 13.9 Å². The standard InChI is InChI=1S/C29H34ClN3O4S/c1-5-22(3)31-29(35)23(4)32(19-24-14-16-25(30)17-15-24)28(34)20-33(26-11-9-10-21(2)18-26)38(36,37)27-12-7-6-8-13-27/h6-18,22-23H,5,19-20H2,1-4H3,(H,31,35)/t22-,23+/m0/s1. The van der Waals surface area contributed by atoms with Gasteiger partial charge in [-0.25, -0.2) is 8.42 Å². The van der Waals surface area contributed by atoms with Crippen LogP contribution in [-0.2, 0) is 26.2 Å². The molecular formula is C29H34ClN3O4S. The Balaban J connectivity index is 2.01. The maximum Gasteiger partial charge on any atom is 0.264 e. The molecule has 0 aromatic heterocycles. The van der Waals surface area contributed by atoms with Gasteiger partial charge in [0.25, 0.3) is 10.0 Å². The van der Waals surface area contributed by atoms with Crippen molar-refractivity contribution in [2.75, 3.05) is 10.8 Å². The van der Waals surface area contributed by atoms with Gasteiger partial charge >= 0.3 is 0 Å². The molecule has 0 unspecified atom stereocenters. The molecule has 3 rings (SSSR count). The molecule has 0 fully saturated rings. The Labute approximate surface area is 230 Å². The fourth-order valence-corrected chi connectivity index (χ4v) is 5.42. The minimum Gasteiger partial charge on any atom is -0.352 e. The molecule has 0 aliphatic heterocycles. The normalized spacial score (nSPS) is 12.9. The van der Waals surface area contributed by atoms with Crippen LogP contribution in [0.2, 0.25) is 5.02 Å². The highest BCUT2D eigenvalue weighted by molar-refractivity contribution is 7.92. The van der Waals surface area contributed by atoms with Crippen LogP contribution in [0.5, 0.6) is 0 Å². The van der Waals surface area contributed by atoms with E-state index in [4.69, 9.17) is 11.6 Å². The van der Waals surface area contributed by atoms with E-state index in [1.54, 1.807) is 67.6 Å². The van der Waals surface area contributed by atoms with Crippen molar-refractivity contribution in [2.45, 2.75) is 57.6 Å². The second kappa shape index (κ2) is 12.9. The first-order chi connectivity index (χ1) is 18.0. The quantitative estimate of drug-likeness (QED) is 0.353. The number of aryl methyl sites for hydroxylation is 1. The number of carbonyl (C=O) groups is 2. The molecule has 0 heterocycles. The number of benzene rings is 3. The van der Waals surface area contributed by atoms with Gasteiger partial charge in [0, 0.05) is 17.6 Å². The summed E-state index contributed by atoms with van der Waals surface area (Å²) in [5, 5.41) is 3.47. The lowest BCUT2D eigenvalue weighted by atomic mass is 10.1. The van der Waals surface area contributed by atoms with Gasteiger partial charge in [0.15, 0.2) is 0 Å². The van der Waals surface area contributed by atoms with Gasteiger partial charge in [-0.05, 0) is 74.7 Å². The molecule has 38 heavy (non-hydrogen) atoms. The van der Waals surface area contributed by atoms with E-state index in [1.165, 1.54) is 17.0 Å². The number of halogens is 1. The molecular weight excluding hydrogens is 522 g/mol. The summed E-state index contributed by atoms with van der Waals surface area (Å²) in [6.45, 7) is 6.98. The zero-order chi connectivity index (χ0) is 27.9. The van der Waals surface area contributed by atoms with Gasteiger partial charge in [0.05, 0.1) is 10.6 Å². The third-order valence-corrected chi connectivity index (χ3v) is 8.37. The van der Waals surface area contributed by atoms with Crippen LogP contribution >= 0.6 is 11.6 Å². The third-order valence-electron chi connectivity index (χ3n) is 6.33. The number of anilines is 1.